The maximum Gasteiger partial charge on any atom is 0.302 e. The van der Waals surface area contributed by atoms with E-state index in [1.165, 1.54) is 32.6 Å². The third kappa shape index (κ3) is 2.89. The molecule has 152 valence electrons. The molecular formula is C23H37NO3. The number of nitrogens with two attached hydrogens (primary N) is 1. The van der Waals surface area contributed by atoms with Crippen LogP contribution in [0.3, 0.4) is 0 Å². The Morgan fingerprint density at radius 2 is 1.63 bits per heavy atom. The van der Waals surface area contributed by atoms with Crippen molar-refractivity contribution < 1.29 is 14.3 Å². The smallest absolute Gasteiger partial charge is 0.302 e. The first kappa shape index (κ1) is 19.4. The summed E-state index contributed by atoms with van der Waals surface area (Å²) in [5.74, 6) is 2.93. The minimum atomic E-state index is -0.138. The van der Waals surface area contributed by atoms with Crippen molar-refractivity contribution in [2.45, 2.75) is 91.2 Å². The maximum atomic E-state index is 12.4. The van der Waals surface area contributed by atoms with Crippen molar-refractivity contribution in [3.8, 4) is 0 Å². The molecule has 4 saturated carbocycles. The number of hydrogen-bond donors (Lipinski definition) is 1. The van der Waals surface area contributed by atoms with Gasteiger partial charge < -0.3 is 10.5 Å². The van der Waals surface area contributed by atoms with E-state index in [0.717, 1.165) is 31.6 Å². The van der Waals surface area contributed by atoms with Gasteiger partial charge in [-0.25, -0.2) is 0 Å². The minimum absolute atomic E-state index is 0.0430. The Kier molecular flexibility index (Phi) is 4.73. The number of rotatable bonds is 2. The number of hydrogen-bond acceptors (Lipinski definition) is 4. The van der Waals surface area contributed by atoms with Gasteiger partial charge in [-0.2, -0.15) is 0 Å². The van der Waals surface area contributed by atoms with Gasteiger partial charge in [-0.3, -0.25) is 9.59 Å². The molecule has 9 atom stereocenters. The quantitative estimate of drug-likeness (QED) is 0.738. The molecule has 4 nitrogen and oxygen atoms in total. The second-order valence-electron chi connectivity index (χ2n) is 10.7. The molecule has 4 fully saturated rings. The summed E-state index contributed by atoms with van der Waals surface area (Å²) in [7, 11) is 0. The average Bonchev–Trinajstić information content (AvgIpc) is 2.85. The molecule has 0 saturated heterocycles. The number of ketones is 1. The van der Waals surface area contributed by atoms with E-state index in [1.54, 1.807) is 6.92 Å². The summed E-state index contributed by atoms with van der Waals surface area (Å²) in [5, 5.41) is 0. The molecule has 4 aliphatic carbocycles. The average molecular weight is 376 g/mol. The van der Waals surface area contributed by atoms with Gasteiger partial charge in [-0.1, -0.05) is 13.8 Å². The maximum absolute atomic E-state index is 12.4. The lowest BCUT2D eigenvalue weighted by molar-refractivity contribution is -0.161. The van der Waals surface area contributed by atoms with Crippen LogP contribution in [0.2, 0.25) is 0 Å². The number of carbonyl (C=O) groups excluding carboxylic acids is 2. The van der Waals surface area contributed by atoms with Gasteiger partial charge in [0.15, 0.2) is 0 Å². The number of Topliss-reactive ketones (excluding diaryl/α,β-unsaturated/α-hetero) is 1. The molecule has 0 heterocycles. The fourth-order valence-electron chi connectivity index (χ4n) is 8.42. The van der Waals surface area contributed by atoms with E-state index in [1.807, 2.05) is 0 Å². The van der Waals surface area contributed by atoms with Gasteiger partial charge >= 0.3 is 5.97 Å². The summed E-state index contributed by atoms with van der Waals surface area (Å²) in [4.78, 5) is 23.8. The second kappa shape index (κ2) is 6.57. The molecule has 0 unspecified atom stereocenters. The number of fused-ring (bicyclic) bond motifs is 5. The molecule has 0 bridgehead atoms. The van der Waals surface area contributed by atoms with Crippen LogP contribution in [-0.4, -0.2) is 23.9 Å². The van der Waals surface area contributed by atoms with Crippen molar-refractivity contribution in [1.82, 2.24) is 0 Å². The molecule has 4 aliphatic rings. The summed E-state index contributed by atoms with van der Waals surface area (Å²) in [5.41, 5.74) is 6.97. The van der Waals surface area contributed by atoms with Crippen LogP contribution in [-0.2, 0) is 14.3 Å². The largest absolute Gasteiger partial charge is 0.463 e. The molecule has 0 radical (unpaired) electrons. The second-order valence-corrected chi connectivity index (χ2v) is 10.7. The lowest BCUT2D eigenvalue weighted by atomic mass is 9.44. The molecule has 0 aromatic carbocycles. The lowest BCUT2D eigenvalue weighted by Crippen LogP contribution is -2.54. The van der Waals surface area contributed by atoms with Crippen LogP contribution in [0.5, 0.6) is 0 Å². The van der Waals surface area contributed by atoms with E-state index >= 15 is 0 Å². The Hall–Kier alpha value is -0.900. The van der Waals surface area contributed by atoms with Crippen LogP contribution in [0.4, 0.5) is 0 Å². The van der Waals surface area contributed by atoms with E-state index in [-0.39, 0.29) is 29.4 Å². The molecule has 0 aliphatic heterocycles. The van der Waals surface area contributed by atoms with Crippen molar-refractivity contribution in [1.29, 1.82) is 0 Å². The normalized spacial score (nSPS) is 51.7. The first-order valence-electron chi connectivity index (χ1n) is 11.1. The predicted octanol–water partition coefficient (Wildman–Crippen LogP) is 4.10. The fourth-order valence-corrected chi connectivity index (χ4v) is 8.42. The highest BCUT2D eigenvalue weighted by Crippen LogP contribution is 2.67. The highest BCUT2D eigenvalue weighted by Gasteiger charge is 2.62. The molecule has 0 amide bonds. The molecular weight excluding hydrogens is 338 g/mol. The molecule has 4 rings (SSSR count). The highest BCUT2D eigenvalue weighted by atomic mass is 16.5. The topological polar surface area (TPSA) is 69.4 Å². The van der Waals surface area contributed by atoms with Gasteiger partial charge in [-0.05, 0) is 92.8 Å². The van der Waals surface area contributed by atoms with Crippen molar-refractivity contribution in [2.24, 2.45) is 46.2 Å². The minimum Gasteiger partial charge on any atom is -0.463 e. The van der Waals surface area contributed by atoms with Crippen LogP contribution in [0, 0.1) is 40.4 Å². The van der Waals surface area contributed by atoms with Crippen LogP contribution < -0.4 is 5.73 Å². The Bertz CT molecular complexity index is 633. The summed E-state index contributed by atoms with van der Waals surface area (Å²) in [6, 6.07) is 0.0430. The highest BCUT2D eigenvalue weighted by molar-refractivity contribution is 5.80. The first-order chi connectivity index (χ1) is 12.7. The van der Waals surface area contributed by atoms with Crippen molar-refractivity contribution in [3.05, 3.63) is 0 Å². The molecule has 27 heavy (non-hydrogen) atoms. The Balaban J connectivity index is 1.56. The van der Waals surface area contributed by atoms with E-state index in [9.17, 15) is 9.59 Å². The van der Waals surface area contributed by atoms with E-state index in [4.69, 9.17) is 10.5 Å². The summed E-state index contributed by atoms with van der Waals surface area (Å²) >= 11 is 0. The zero-order chi connectivity index (χ0) is 19.6. The standard InChI is InChI=1S/C23H37NO3/c1-13(25)21-20(24)12-19-17-6-5-15-11-16(27-14(2)26)7-9-22(15,3)18(17)8-10-23(19,21)4/h15-21H,5-12,24H2,1-4H3/t15-,16-,17+,18-,19-,20-,21-,22-,23-/m0/s1. The molecule has 4 heteroatoms. The molecule has 2 N–H and O–H groups in total. The van der Waals surface area contributed by atoms with Gasteiger partial charge in [0.1, 0.15) is 11.9 Å². The van der Waals surface area contributed by atoms with Crippen LogP contribution >= 0.6 is 0 Å². The monoisotopic (exact) mass is 375 g/mol. The summed E-state index contributed by atoms with van der Waals surface area (Å²) in [6.07, 6.45) is 9.24. The van der Waals surface area contributed by atoms with Crippen molar-refractivity contribution >= 4 is 11.8 Å². The van der Waals surface area contributed by atoms with Gasteiger partial charge in [0.2, 0.25) is 0 Å². The number of carbonyl (C=O) groups is 2. The predicted molar refractivity (Wildman–Crippen MR) is 105 cm³/mol. The van der Waals surface area contributed by atoms with E-state index < -0.39 is 0 Å². The number of esters is 1. The molecule has 0 aromatic heterocycles. The van der Waals surface area contributed by atoms with E-state index in [0.29, 0.717) is 29.0 Å². The van der Waals surface area contributed by atoms with Gasteiger partial charge in [0.05, 0.1) is 0 Å². The van der Waals surface area contributed by atoms with Crippen molar-refractivity contribution in [3.63, 3.8) is 0 Å². The molecule has 0 spiro atoms. The Labute approximate surface area is 164 Å². The third-order valence-corrected chi connectivity index (χ3v) is 9.49. The van der Waals surface area contributed by atoms with Crippen LogP contribution in [0.15, 0.2) is 0 Å². The SMILES string of the molecule is CC(=O)O[C@H]1CC[C@@]2(C)[C@@H](CC[C@@H]3[C@@H]2CC[C@@]2(C)[C@H]3C[C@H](N)[C@@H]2C(C)=O)C1. The van der Waals surface area contributed by atoms with Gasteiger partial charge in [-0.15, -0.1) is 0 Å². The van der Waals surface area contributed by atoms with Crippen LogP contribution in [0.1, 0.15) is 79.1 Å². The first-order valence-corrected chi connectivity index (χ1v) is 11.1. The Morgan fingerprint density at radius 3 is 2.30 bits per heavy atom. The van der Waals surface area contributed by atoms with Crippen LogP contribution in [0.25, 0.3) is 0 Å². The third-order valence-electron chi connectivity index (χ3n) is 9.49. The fraction of sp³-hybridized carbons (Fsp3) is 0.913. The zero-order valence-corrected chi connectivity index (χ0v) is 17.5. The lowest BCUT2D eigenvalue weighted by Gasteiger charge is -2.60. The molecule has 0 aromatic rings. The van der Waals surface area contributed by atoms with E-state index in [2.05, 4.69) is 13.8 Å². The number of ether oxygens (including phenoxy) is 1. The van der Waals surface area contributed by atoms with Crippen molar-refractivity contribution in [2.75, 3.05) is 0 Å². The zero-order valence-electron chi connectivity index (χ0n) is 17.5. The summed E-state index contributed by atoms with van der Waals surface area (Å²) in [6.45, 7) is 8.15. The van der Waals surface area contributed by atoms with Gasteiger partial charge in [0, 0.05) is 18.9 Å². The summed E-state index contributed by atoms with van der Waals surface area (Å²) < 4.78 is 5.57. The van der Waals surface area contributed by atoms with Gasteiger partial charge in [0.25, 0.3) is 0 Å². The Morgan fingerprint density at radius 1 is 0.926 bits per heavy atom.